The van der Waals surface area contributed by atoms with Gasteiger partial charge in [0.1, 0.15) is 0 Å². The Morgan fingerprint density at radius 3 is 2.56 bits per heavy atom. The first kappa shape index (κ1) is 18.2. The van der Waals surface area contributed by atoms with Crippen LogP contribution in [0.1, 0.15) is 37.8 Å². The van der Waals surface area contributed by atoms with E-state index in [1.807, 2.05) is 11.8 Å². The maximum absolute atomic E-state index is 12.4. The van der Waals surface area contributed by atoms with E-state index in [9.17, 15) is 9.90 Å². The fourth-order valence-corrected chi connectivity index (χ4v) is 3.95. The number of carbonyl (C=O) groups is 1. The van der Waals surface area contributed by atoms with Gasteiger partial charge in [0, 0.05) is 38.8 Å². The normalized spacial score (nSPS) is 21.5. The predicted octanol–water partition coefficient (Wildman–Crippen LogP) is 2.24. The molecule has 2 heterocycles. The Balaban J connectivity index is 1.43. The number of amides is 2. The molecule has 2 amide bonds. The lowest BCUT2D eigenvalue weighted by Crippen LogP contribution is -2.50. The molecule has 5 heteroatoms. The van der Waals surface area contributed by atoms with Gasteiger partial charge >= 0.3 is 6.03 Å². The van der Waals surface area contributed by atoms with Gasteiger partial charge in [-0.15, -0.1) is 0 Å². The number of aliphatic hydroxyl groups is 1. The molecule has 2 aliphatic rings. The van der Waals surface area contributed by atoms with Crippen LogP contribution in [0, 0.1) is 5.92 Å². The number of urea groups is 1. The minimum atomic E-state index is -0.271. The molecule has 0 spiro atoms. The summed E-state index contributed by atoms with van der Waals surface area (Å²) in [5, 5.41) is 12.8. The Hall–Kier alpha value is -1.59. The molecular formula is C20H31N3O2. The summed E-state index contributed by atoms with van der Waals surface area (Å²) < 4.78 is 0. The Morgan fingerprint density at radius 1 is 1.20 bits per heavy atom. The Labute approximate surface area is 151 Å². The molecule has 0 radical (unpaired) electrons. The van der Waals surface area contributed by atoms with Gasteiger partial charge < -0.3 is 15.3 Å². The number of hydrogen-bond acceptors (Lipinski definition) is 3. The van der Waals surface area contributed by atoms with Crippen LogP contribution in [0.15, 0.2) is 24.3 Å². The molecule has 2 atom stereocenters. The van der Waals surface area contributed by atoms with Crippen LogP contribution < -0.4 is 5.32 Å². The zero-order chi connectivity index (χ0) is 17.8. The van der Waals surface area contributed by atoms with E-state index in [2.05, 4.69) is 41.4 Å². The van der Waals surface area contributed by atoms with Crippen molar-refractivity contribution in [1.82, 2.24) is 15.1 Å². The van der Waals surface area contributed by atoms with E-state index in [-0.39, 0.29) is 12.1 Å². The van der Waals surface area contributed by atoms with E-state index in [1.165, 1.54) is 11.1 Å². The van der Waals surface area contributed by atoms with E-state index >= 15 is 0 Å². The van der Waals surface area contributed by atoms with Crippen LogP contribution in [0.4, 0.5) is 4.79 Å². The second kappa shape index (κ2) is 8.19. The molecule has 1 aromatic rings. The lowest BCUT2D eigenvalue weighted by atomic mass is 9.92. The molecule has 5 nitrogen and oxygen atoms in total. The third-order valence-corrected chi connectivity index (χ3v) is 5.84. The second-order valence-corrected chi connectivity index (χ2v) is 7.59. The largest absolute Gasteiger partial charge is 0.393 e. The van der Waals surface area contributed by atoms with E-state index in [0.717, 1.165) is 45.4 Å². The van der Waals surface area contributed by atoms with Gasteiger partial charge in [-0.05, 0) is 50.2 Å². The fourth-order valence-electron chi connectivity index (χ4n) is 3.95. The number of aliphatic hydroxyl groups excluding tert-OH is 1. The van der Waals surface area contributed by atoms with Gasteiger partial charge in [-0.3, -0.25) is 4.90 Å². The monoisotopic (exact) mass is 345 g/mol. The van der Waals surface area contributed by atoms with Gasteiger partial charge in [-0.25, -0.2) is 4.79 Å². The molecule has 138 valence electrons. The van der Waals surface area contributed by atoms with Crippen molar-refractivity contribution in [1.29, 1.82) is 0 Å². The van der Waals surface area contributed by atoms with Gasteiger partial charge in [0.15, 0.2) is 0 Å². The first-order chi connectivity index (χ1) is 12.0. The minimum Gasteiger partial charge on any atom is -0.393 e. The standard InChI is InChI=1S/C20H31N3O2/c1-15(23-12-9-18-5-3-4-6-19(18)14-23)13-21-20(25)22-10-7-17(8-11-22)16(2)24/h3-6,15-17,24H,7-14H2,1-2H3,(H,21,25). The Bertz CT molecular complexity index is 582. The Morgan fingerprint density at radius 2 is 1.88 bits per heavy atom. The smallest absolute Gasteiger partial charge is 0.317 e. The Kier molecular flexibility index (Phi) is 5.97. The van der Waals surface area contributed by atoms with Crippen LogP contribution in [0.25, 0.3) is 0 Å². The summed E-state index contributed by atoms with van der Waals surface area (Å²) in [6, 6.07) is 9.00. The summed E-state index contributed by atoms with van der Waals surface area (Å²) in [6.07, 6.45) is 2.60. The SMILES string of the molecule is CC(O)C1CCN(C(=O)NCC(C)N2CCc3ccccc3C2)CC1. The molecule has 0 aromatic heterocycles. The zero-order valence-electron chi connectivity index (χ0n) is 15.4. The van der Waals surface area contributed by atoms with Crippen LogP contribution in [0.5, 0.6) is 0 Å². The highest BCUT2D eigenvalue weighted by Crippen LogP contribution is 2.21. The third-order valence-electron chi connectivity index (χ3n) is 5.84. The quantitative estimate of drug-likeness (QED) is 0.880. The maximum Gasteiger partial charge on any atom is 0.317 e. The highest BCUT2D eigenvalue weighted by atomic mass is 16.3. The summed E-state index contributed by atoms with van der Waals surface area (Å²) in [6.45, 7) is 8.21. The molecule has 1 fully saturated rings. The molecule has 1 saturated heterocycles. The average Bonchev–Trinajstić information content (AvgIpc) is 2.65. The number of nitrogens with zero attached hydrogens (tertiary/aromatic N) is 2. The summed E-state index contributed by atoms with van der Waals surface area (Å²) in [5.41, 5.74) is 2.86. The van der Waals surface area contributed by atoms with Crippen LogP contribution in [0.2, 0.25) is 0 Å². The molecule has 0 aliphatic carbocycles. The van der Waals surface area contributed by atoms with Crippen LogP contribution >= 0.6 is 0 Å². The summed E-state index contributed by atoms with van der Waals surface area (Å²) in [7, 11) is 0. The van der Waals surface area contributed by atoms with Crippen molar-refractivity contribution in [3.8, 4) is 0 Å². The zero-order valence-corrected chi connectivity index (χ0v) is 15.4. The average molecular weight is 345 g/mol. The lowest BCUT2D eigenvalue weighted by Gasteiger charge is -2.35. The number of fused-ring (bicyclic) bond motifs is 1. The molecule has 25 heavy (non-hydrogen) atoms. The summed E-state index contributed by atoms with van der Waals surface area (Å²) in [5.74, 6) is 0.330. The lowest BCUT2D eigenvalue weighted by molar-refractivity contribution is 0.0793. The van der Waals surface area contributed by atoms with Crippen molar-refractivity contribution < 1.29 is 9.90 Å². The predicted molar refractivity (Wildman–Crippen MR) is 99.4 cm³/mol. The highest BCUT2D eigenvalue weighted by molar-refractivity contribution is 5.74. The van der Waals surface area contributed by atoms with Crippen molar-refractivity contribution >= 4 is 6.03 Å². The third kappa shape index (κ3) is 4.53. The van der Waals surface area contributed by atoms with Gasteiger partial charge in [0.2, 0.25) is 0 Å². The molecule has 2 N–H and O–H groups in total. The van der Waals surface area contributed by atoms with Crippen molar-refractivity contribution in [2.24, 2.45) is 5.92 Å². The van der Waals surface area contributed by atoms with E-state index in [1.54, 1.807) is 0 Å². The van der Waals surface area contributed by atoms with Crippen molar-refractivity contribution in [2.45, 2.75) is 51.8 Å². The molecular weight excluding hydrogens is 314 g/mol. The van der Waals surface area contributed by atoms with Gasteiger partial charge in [-0.1, -0.05) is 24.3 Å². The number of likely N-dealkylation sites (tertiary alicyclic amines) is 1. The van der Waals surface area contributed by atoms with Crippen molar-refractivity contribution in [2.75, 3.05) is 26.2 Å². The number of nitrogens with one attached hydrogen (secondary N) is 1. The first-order valence-electron chi connectivity index (χ1n) is 9.56. The van der Waals surface area contributed by atoms with Gasteiger partial charge in [-0.2, -0.15) is 0 Å². The van der Waals surface area contributed by atoms with Crippen LogP contribution in [-0.2, 0) is 13.0 Å². The van der Waals surface area contributed by atoms with Gasteiger partial charge in [0.25, 0.3) is 0 Å². The first-order valence-corrected chi connectivity index (χ1v) is 9.56. The molecule has 3 rings (SSSR count). The van der Waals surface area contributed by atoms with Crippen LogP contribution in [-0.4, -0.2) is 59.3 Å². The van der Waals surface area contributed by atoms with Gasteiger partial charge in [0.05, 0.1) is 6.10 Å². The molecule has 2 aliphatic heterocycles. The molecule has 1 aromatic carbocycles. The number of piperidine rings is 1. The summed E-state index contributed by atoms with van der Waals surface area (Å²) >= 11 is 0. The van der Waals surface area contributed by atoms with E-state index in [0.29, 0.717) is 18.5 Å². The number of benzene rings is 1. The second-order valence-electron chi connectivity index (χ2n) is 7.59. The van der Waals surface area contributed by atoms with E-state index in [4.69, 9.17) is 0 Å². The molecule has 0 bridgehead atoms. The number of rotatable bonds is 4. The fraction of sp³-hybridized carbons (Fsp3) is 0.650. The number of hydrogen-bond donors (Lipinski definition) is 2. The molecule has 2 unspecified atom stereocenters. The van der Waals surface area contributed by atoms with Crippen molar-refractivity contribution in [3.63, 3.8) is 0 Å². The topological polar surface area (TPSA) is 55.8 Å². The summed E-state index contributed by atoms with van der Waals surface area (Å²) in [4.78, 5) is 16.7. The van der Waals surface area contributed by atoms with Crippen molar-refractivity contribution in [3.05, 3.63) is 35.4 Å². The van der Waals surface area contributed by atoms with E-state index < -0.39 is 0 Å². The minimum absolute atomic E-state index is 0.0355. The maximum atomic E-state index is 12.4. The number of carbonyl (C=O) groups excluding carboxylic acids is 1. The highest BCUT2D eigenvalue weighted by Gasteiger charge is 2.26. The van der Waals surface area contributed by atoms with Crippen LogP contribution in [0.3, 0.4) is 0 Å². The molecule has 0 saturated carbocycles.